The van der Waals surface area contributed by atoms with Gasteiger partial charge in [0.25, 0.3) is 0 Å². The summed E-state index contributed by atoms with van der Waals surface area (Å²) >= 11 is 1.32. The Morgan fingerprint density at radius 2 is 1.85 bits per heavy atom. The Labute approximate surface area is 158 Å². The van der Waals surface area contributed by atoms with Crippen molar-refractivity contribution < 1.29 is 9.50 Å². The van der Waals surface area contributed by atoms with Gasteiger partial charge in [0, 0.05) is 16.6 Å². The Balaban J connectivity index is 1.62. The van der Waals surface area contributed by atoms with E-state index >= 15 is 0 Å². The topological polar surface area (TPSA) is 84.0 Å². The zero-order valence-corrected chi connectivity index (χ0v) is 14.8. The normalized spacial score (nSPS) is 13.9. The molecule has 2 heterocycles. The lowest BCUT2D eigenvalue weighted by Crippen LogP contribution is -2.25. The first-order valence-electron chi connectivity index (χ1n) is 8.07. The van der Waals surface area contributed by atoms with Crippen molar-refractivity contribution in [1.29, 1.82) is 10.7 Å². The molecule has 0 radical (unpaired) electrons. The fourth-order valence-corrected chi connectivity index (χ4v) is 3.78. The molecule has 132 valence electrons. The van der Waals surface area contributed by atoms with E-state index < -0.39 is 0 Å². The maximum absolute atomic E-state index is 13.1. The third-order valence-electron chi connectivity index (χ3n) is 4.27. The fraction of sp³-hybridized carbons (Fsp3) is 0.0500. The van der Waals surface area contributed by atoms with E-state index in [0.29, 0.717) is 21.8 Å². The lowest BCUT2D eigenvalue weighted by molar-refractivity contribution is 0.411. The summed E-state index contributed by atoms with van der Waals surface area (Å²) < 4.78 is 13.1. The van der Waals surface area contributed by atoms with Crippen molar-refractivity contribution in [2.75, 3.05) is 11.4 Å². The van der Waals surface area contributed by atoms with Crippen LogP contribution in [-0.4, -0.2) is 22.5 Å². The molecular weight excluding hydrogens is 363 g/mol. The highest BCUT2D eigenvalue weighted by Gasteiger charge is 2.31. The molecule has 1 aromatic heterocycles. The molecule has 2 aromatic carbocycles. The monoisotopic (exact) mass is 376 g/mol. The molecular formula is C20H13FN4OS. The number of amidine groups is 1. The second-order valence-corrected chi connectivity index (χ2v) is 6.82. The fourth-order valence-electron chi connectivity index (χ4n) is 2.88. The molecule has 3 aromatic rings. The molecule has 0 atom stereocenters. The minimum absolute atomic E-state index is 0.0735. The van der Waals surface area contributed by atoms with E-state index in [1.54, 1.807) is 41.3 Å². The molecule has 0 saturated carbocycles. The number of nitriles is 1. The van der Waals surface area contributed by atoms with Crippen molar-refractivity contribution >= 4 is 28.4 Å². The average Bonchev–Trinajstić information content (AvgIpc) is 3.27. The van der Waals surface area contributed by atoms with Crippen LogP contribution in [0.2, 0.25) is 0 Å². The van der Waals surface area contributed by atoms with Crippen LogP contribution in [-0.2, 0) is 0 Å². The lowest BCUT2D eigenvalue weighted by atomic mass is 10.2. The number of benzene rings is 2. The van der Waals surface area contributed by atoms with Gasteiger partial charge < -0.3 is 10.0 Å². The molecule has 2 N–H and O–H groups in total. The number of aliphatic hydroxyl groups is 1. The predicted octanol–water partition coefficient (Wildman–Crippen LogP) is 4.59. The van der Waals surface area contributed by atoms with Gasteiger partial charge in [-0.15, -0.1) is 11.3 Å². The van der Waals surface area contributed by atoms with Crippen molar-refractivity contribution in [2.24, 2.45) is 0 Å². The zero-order chi connectivity index (χ0) is 19.0. The Hall–Kier alpha value is -3.50. The number of rotatable bonds is 3. The van der Waals surface area contributed by atoms with Crippen molar-refractivity contribution in [3.63, 3.8) is 0 Å². The Morgan fingerprint density at radius 1 is 1.15 bits per heavy atom. The quantitative estimate of drug-likeness (QED) is 0.700. The molecule has 27 heavy (non-hydrogen) atoms. The SMILES string of the molecule is N#Cc1ccc(N2CC(O)=C(c3nc(-c4ccc(F)cc4)cs3)C2=N)cc1. The van der Waals surface area contributed by atoms with Gasteiger partial charge in [-0.25, -0.2) is 9.37 Å². The summed E-state index contributed by atoms with van der Waals surface area (Å²) in [6.07, 6.45) is 0. The van der Waals surface area contributed by atoms with Gasteiger partial charge in [0.15, 0.2) is 0 Å². The number of nitrogens with one attached hydrogen (secondary N) is 1. The van der Waals surface area contributed by atoms with Gasteiger partial charge in [-0.2, -0.15) is 5.26 Å². The van der Waals surface area contributed by atoms with Crippen LogP contribution in [0.15, 0.2) is 59.7 Å². The van der Waals surface area contributed by atoms with Crippen molar-refractivity contribution in [3.8, 4) is 17.3 Å². The molecule has 0 amide bonds. The van der Waals surface area contributed by atoms with Crippen LogP contribution in [0.3, 0.4) is 0 Å². The molecule has 0 fully saturated rings. The average molecular weight is 376 g/mol. The van der Waals surface area contributed by atoms with E-state index in [-0.39, 0.29) is 24.0 Å². The van der Waals surface area contributed by atoms with Gasteiger partial charge in [-0.3, -0.25) is 5.41 Å². The standard InChI is InChI=1S/C20H13FN4OS/c21-14-5-3-13(4-6-14)16-11-27-20(24-16)18-17(26)10-25(19(18)23)15-7-1-12(9-22)2-8-15/h1-8,11,23,26H,10H2. The highest BCUT2D eigenvalue weighted by Crippen LogP contribution is 2.34. The van der Waals surface area contributed by atoms with E-state index in [1.165, 1.54) is 23.5 Å². The van der Waals surface area contributed by atoms with Crippen LogP contribution in [0.1, 0.15) is 10.6 Å². The Bertz CT molecular complexity index is 1090. The molecule has 0 bridgehead atoms. The minimum Gasteiger partial charge on any atom is -0.510 e. The summed E-state index contributed by atoms with van der Waals surface area (Å²) in [7, 11) is 0. The van der Waals surface area contributed by atoms with Gasteiger partial charge in [0.2, 0.25) is 0 Å². The van der Waals surface area contributed by atoms with Crippen LogP contribution in [0.25, 0.3) is 16.8 Å². The largest absolute Gasteiger partial charge is 0.510 e. The van der Waals surface area contributed by atoms with Crippen molar-refractivity contribution in [1.82, 2.24) is 4.98 Å². The summed E-state index contributed by atoms with van der Waals surface area (Å²) in [4.78, 5) is 6.17. The van der Waals surface area contributed by atoms with Gasteiger partial charge in [-0.1, -0.05) is 0 Å². The van der Waals surface area contributed by atoms with Gasteiger partial charge >= 0.3 is 0 Å². The third-order valence-corrected chi connectivity index (χ3v) is 5.13. The zero-order valence-electron chi connectivity index (χ0n) is 14.0. The highest BCUT2D eigenvalue weighted by molar-refractivity contribution is 7.11. The minimum atomic E-state index is -0.315. The van der Waals surface area contributed by atoms with E-state index in [1.807, 2.05) is 5.38 Å². The molecule has 1 aliphatic heterocycles. The van der Waals surface area contributed by atoms with Gasteiger partial charge in [0.1, 0.15) is 22.4 Å². The first-order valence-corrected chi connectivity index (χ1v) is 8.95. The number of halogens is 1. The first kappa shape index (κ1) is 16.9. The summed E-state index contributed by atoms with van der Waals surface area (Å²) in [6, 6.07) is 14.9. The number of hydrogen-bond donors (Lipinski definition) is 2. The molecule has 4 rings (SSSR count). The molecule has 0 spiro atoms. The Morgan fingerprint density at radius 3 is 2.52 bits per heavy atom. The van der Waals surface area contributed by atoms with Gasteiger partial charge in [-0.05, 0) is 48.5 Å². The van der Waals surface area contributed by atoms with Crippen LogP contribution < -0.4 is 4.90 Å². The number of anilines is 1. The smallest absolute Gasteiger partial charge is 0.139 e. The van der Waals surface area contributed by atoms with Gasteiger partial charge in [0.05, 0.1) is 29.4 Å². The molecule has 0 saturated heterocycles. The van der Waals surface area contributed by atoms with E-state index in [0.717, 1.165) is 11.3 Å². The number of thiazole rings is 1. The number of hydrogen-bond acceptors (Lipinski definition) is 5. The third kappa shape index (κ3) is 3.07. The molecule has 7 heteroatoms. The molecule has 0 aliphatic carbocycles. The van der Waals surface area contributed by atoms with E-state index in [9.17, 15) is 9.50 Å². The van der Waals surface area contributed by atoms with E-state index in [4.69, 9.17) is 10.7 Å². The molecule has 1 aliphatic rings. The van der Waals surface area contributed by atoms with E-state index in [2.05, 4.69) is 11.1 Å². The lowest BCUT2D eigenvalue weighted by Gasteiger charge is -2.18. The highest BCUT2D eigenvalue weighted by atomic mass is 32.1. The van der Waals surface area contributed by atoms with Crippen molar-refractivity contribution in [3.05, 3.63) is 76.1 Å². The van der Waals surface area contributed by atoms with Crippen LogP contribution in [0.4, 0.5) is 10.1 Å². The van der Waals surface area contributed by atoms with Crippen LogP contribution in [0.5, 0.6) is 0 Å². The number of nitrogens with zero attached hydrogens (tertiary/aromatic N) is 3. The molecule has 0 unspecified atom stereocenters. The maximum atomic E-state index is 13.1. The predicted molar refractivity (Wildman–Crippen MR) is 103 cm³/mol. The maximum Gasteiger partial charge on any atom is 0.139 e. The Kier molecular flexibility index (Phi) is 4.18. The summed E-state index contributed by atoms with van der Waals surface area (Å²) in [5.74, 6) is -0.0910. The van der Waals surface area contributed by atoms with Crippen molar-refractivity contribution in [2.45, 2.75) is 0 Å². The summed E-state index contributed by atoms with van der Waals surface area (Å²) in [6.45, 7) is 0.172. The second-order valence-electron chi connectivity index (χ2n) is 5.96. The second kappa shape index (κ2) is 6.67. The number of aliphatic hydroxyl groups excluding tert-OH is 1. The number of aromatic nitrogens is 1. The molecule has 5 nitrogen and oxygen atoms in total. The summed E-state index contributed by atoms with van der Waals surface area (Å²) in [5.41, 5.74) is 3.08. The van der Waals surface area contributed by atoms with Crippen LogP contribution >= 0.6 is 11.3 Å². The summed E-state index contributed by atoms with van der Waals surface area (Å²) in [5, 5.41) is 30.2. The van der Waals surface area contributed by atoms with Crippen LogP contribution in [0, 0.1) is 22.6 Å². The first-order chi connectivity index (χ1) is 13.1.